The zero-order valence-corrected chi connectivity index (χ0v) is 17.8. The number of carboxylic acid groups (broad SMARTS) is 1. The zero-order valence-electron chi connectivity index (χ0n) is 17.8. The average Bonchev–Trinajstić information content (AvgIpc) is 2.69. The molecule has 5 nitrogen and oxygen atoms in total. The van der Waals surface area contributed by atoms with Gasteiger partial charge in [-0.2, -0.15) is 13.2 Å². The minimum absolute atomic E-state index is 0.117. The lowest BCUT2D eigenvalue weighted by Crippen LogP contribution is -2.72. The van der Waals surface area contributed by atoms with E-state index in [9.17, 15) is 27.9 Å². The Morgan fingerprint density at radius 1 is 1.13 bits per heavy atom. The van der Waals surface area contributed by atoms with Crippen molar-refractivity contribution >= 4 is 11.9 Å². The molecule has 0 aliphatic carbocycles. The molecule has 8 heteroatoms. The fourth-order valence-corrected chi connectivity index (χ4v) is 3.75. The van der Waals surface area contributed by atoms with Gasteiger partial charge in [-0.3, -0.25) is 4.79 Å². The lowest BCUT2D eigenvalue weighted by molar-refractivity contribution is -0.412. The summed E-state index contributed by atoms with van der Waals surface area (Å²) in [4.78, 5) is 23.2. The number of amides is 1. The van der Waals surface area contributed by atoms with Gasteiger partial charge in [0.15, 0.2) is 6.04 Å². The molecule has 1 aliphatic heterocycles. The summed E-state index contributed by atoms with van der Waals surface area (Å²) in [5.74, 6) is -1.75. The highest BCUT2D eigenvalue weighted by Gasteiger charge is 2.45. The number of benzene rings is 2. The van der Waals surface area contributed by atoms with Crippen LogP contribution < -0.4 is 10.8 Å². The number of aryl methyl sites for hydroxylation is 2. The average molecular weight is 436 g/mol. The summed E-state index contributed by atoms with van der Waals surface area (Å²) in [6.45, 7) is 4.32. The number of rotatable bonds is 3. The van der Waals surface area contributed by atoms with Crippen molar-refractivity contribution in [3.8, 4) is 0 Å². The monoisotopic (exact) mass is 436 g/mol. The van der Waals surface area contributed by atoms with Gasteiger partial charge in [-0.25, -0.2) is 0 Å². The van der Waals surface area contributed by atoms with Gasteiger partial charge in [-0.1, -0.05) is 54.1 Å². The summed E-state index contributed by atoms with van der Waals surface area (Å²) in [5, 5.41) is 10.2. The van der Waals surface area contributed by atoms with Gasteiger partial charge in [0.05, 0.1) is 5.97 Å². The Labute approximate surface area is 179 Å². The van der Waals surface area contributed by atoms with E-state index < -0.39 is 36.7 Å². The van der Waals surface area contributed by atoms with Crippen LogP contribution in [0.15, 0.2) is 48.5 Å². The van der Waals surface area contributed by atoms with E-state index >= 15 is 0 Å². The van der Waals surface area contributed by atoms with Crippen LogP contribution >= 0.6 is 0 Å². The predicted octanol–water partition coefficient (Wildman–Crippen LogP) is 2.23. The molecule has 3 rings (SSSR count). The Morgan fingerprint density at radius 3 is 2.23 bits per heavy atom. The van der Waals surface area contributed by atoms with E-state index in [1.54, 1.807) is 19.1 Å². The third kappa shape index (κ3) is 6.55. The Hall–Kier alpha value is -2.87. The number of piperidine rings is 1. The SMILES string of the molecule is Cc1ccc(C(=O)[O-])cc1.Cc1ccccc1[C@@H]1C[C@H]([NH3+])C(=O)N(CC(F)(F)F)[C@@H]1C. The van der Waals surface area contributed by atoms with Crippen LogP contribution in [-0.4, -0.2) is 41.6 Å². The van der Waals surface area contributed by atoms with E-state index in [1.807, 2.05) is 38.1 Å². The topological polar surface area (TPSA) is 88.1 Å². The fraction of sp³-hybridized carbons (Fsp3) is 0.391. The maximum absolute atomic E-state index is 12.7. The number of likely N-dealkylation sites (tertiary alicyclic amines) is 1. The summed E-state index contributed by atoms with van der Waals surface area (Å²) in [5.41, 5.74) is 7.04. The highest BCUT2D eigenvalue weighted by molar-refractivity contribution is 5.85. The number of carboxylic acids is 1. The van der Waals surface area contributed by atoms with Gasteiger partial charge in [0.1, 0.15) is 6.54 Å². The molecule has 1 saturated heterocycles. The number of aromatic carboxylic acids is 1. The first kappa shape index (κ1) is 24.4. The molecule has 2 aromatic rings. The molecule has 0 spiro atoms. The minimum atomic E-state index is -4.39. The van der Waals surface area contributed by atoms with E-state index in [0.29, 0.717) is 6.42 Å². The van der Waals surface area contributed by atoms with Gasteiger partial charge in [0, 0.05) is 18.4 Å². The van der Waals surface area contributed by atoms with Crippen molar-refractivity contribution in [3.05, 3.63) is 70.8 Å². The molecule has 1 fully saturated rings. The first-order valence-electron chi connectivity index (χ1n) is 9.94. The zero-order chi connectivity index (χ0) is 23.3. The van der Waals surface area contributed by atoms with E-state index in [4.69, 9.17) is 0 Å². The number of alkyl halides is 3. The quantitative estimate of drug-likeness (QED) is 0.800. The molecule has 0 saturated carbocycles. The molecule has 168 valence electrons. The van der Waals surface area contributed by atoms with Crippen LogP contribution in [-0.2, 0) is 4.79 Å². The maximum Gasteiger partial charge on any atom is 0.406 e. The maximum atomic E-state index is 12.7. The third-order valence-electron chi connectivity index (χ3n) is 5.47. The summed E-state index contributed by atoms with van der Waals surface area (Å²) < 4.78 is 38.1. The number of carbonyl (C=O) groups excluding carboxylic acids is 2. The molecule has 0 radical (unpaired) electrons. The Kier molecular flexibility index (Phi) is 7.84. The standard InChI is InChI=1S/C15H19F3N2O.C8H8O2/c1-9-5-3-4-6-11(9)12-7-13(19)14(21)20(10(12)2)8-15(16,17)18;1-6-2-4-7(5-3-6)8(9)10/h3-6,10,12-13H,7-8,19H2,1-2H3;2-5H,1H3,(H,9,10)/t10-,12-,13+;/m1./s1. The van der Waals surface area contributed by atoms with Gasteiger partial charge < -0.3 is 20.5 Å². The molecule has 0 unspecified atom stereocenters. The van der Waals surface area contributed by atoms with Crippen LogP contribution in [0.1, 0.15) is 46.3 Å². The van der Waals surface area contributed by atoms with Crippen molar-refractivity contribution in [3.63, 3.8) is 0 Å². The van der Waals surface area contributed by atoms with E-state index in [1.165, 1.54) is 12.1 Å². The first-order valence-corrected chi connectivity index (χ1v) is 9.94. The number of nitrogens with zero attached hydrogens (tertiary/aromatic N) is 1. The van der Waals surface area contributed by atoms with E-state index in [-0.39, 0.29) is 11.5 Å². The van der Waals surface area contributed by atoms with Gasteiger partial charge >= 0.3 is 6.18 Å². The molecule has 3 atom stereocenters. The van der Waals surface area contributed by atoms with Crippen molar-refractivity contribution in [2.45, 2.75) is 51.4 Å². The van der Waals surface area contributed by atoms with Crippen LogP contribution in [0.2, 0.25) is 0 Å². The second-order valence-corrected chi connectivity index (χ2v) is 7.87. The van der Waals surface area contributed by atoms with Crippen LogP contribution in [0.25, 0.3) is 0 Å². The molecule has 0 aromatic heterocycles. The van der Waals surface area contributed by atoms with E-state index in [2.05, 4.69) is 5.73 Å². The number of hydrogen-bond acceptors (Lipinski definition) is 3. The molecule has 3 N–H and O–H groups in total. The summed E-state index contributed by atoms with van der Waals surface area (Å²) in [6.07, 6.45) is -3.91. The fourth-order valence-electron chi connectivity index (χ4n) is 3.75. The highest BCUT2D eigenvalue weighted by Crippen LogP contribution is 2.35. The van der Waals surface area contributed by atoms with Gasteiger partial charge in [0.25, 0.3) is 5.91 Å². The second kappa shape index (κ2) is 9.96. The van der Waals surface area contributed by atoms with Gasteiger partial charge in [0.2, 0.25) is 0 Å². The molecular formula is C23H27F3N2O3. The molecule has 0 bridgehead atoms. The Morgan fingerprint density at radius 2 is 1.71 bits per heavy atom. The summed E-state index contributed by atoms with van der Waals surface area (Å²) >= 11 is 0. The number of halogens is 3. The normalized spacial score (nSPS) is 21.3. The Bertz CT molecular complexity index is 913. The van der Waals surface area contributed by atoms with Crippen molar-refractivity contribution < 1.29 is 33.6 Å². The number of quaternary nitrogens is 1. The molecule has 1 amide bonds. The van der Waals surface area contributed by atoms with Gasteiger partial charge in [-0.05, 0) is 37.5 Å². The van der Waals surface area contributed by atoms with Gasteiger partial charge in [-0.15, -0.1) is 0 Å². The van der Waals surface area contributed by atoms with Crippen LogP contribution in [0.5, 0.6) is 0 Å². The number of carbonyl (C=O) groups is 2. The number of hydrogen-bond donors (Lipinski definition) is 1. The van der Waals surface area contributed by atoms with Crippen molar-refractivity contribution in [1.82, 2.24) is 4.90 Å². The predicted molar refractivity (Wildman–Crippen MR) is 108 cm³/mol. The highest BCUT2D eigenvalue weighted by atomic mass is 19.4. The van der Waals surface area contributed by atoms with Crippen LogP contribution in [0, 0.1) is 13.8 Å². The molecule has 1 aliphatic rings. The van der Waals surface area contributed by atoms with Crippen molar-refractivity contribution in [2.75, 3.05) is 6.54 Å². The lowest BCUT2D eigenvalue weighted by Gasteiger charge is -2.41. The summed E-state index contributed by atoms with van der Waals surface area (Å²) in [6, 6.07) is 13.1. The first-order chi connectivity index (χ1) is 14.4. The molecule has 31 heavy (non-hydrogen) atoms. The molecule has 2 aromatic carbocycles. The second-order valence-electron chi connectivity index (χ2n) is 7.87. The van der Waals surface area contributed by atoms with E-state index in [0.717, 1.165) is 21.6 Å². The minimum Gasteiger partial charge on any atom is -0.545 e. The van der Waals surface area contributed by atoms with Crippen molar-refractivity contribution in [1.29, 1.82) is 0 Å². The largest absolute Gasteiger partial charge is 0.545 e. The third-order valence-corrected chi connectivity index (χ3v) is 5.47. The van der Waals surface area contributed by atoms with Crippen LogP contribution in [0.4, 0.5) is 13.2 Å². The molecular weight excluding hydrogens is 409 g/mol. The summed E-state index contributed by atoms with van der Waals surface area (Å²) in [7, 11) is 0. The lowest BCUT2D eigenvalue weighted by atomic mass is 9.80. The van der Waals surface area contributed by atoms with Crippen LogP contribution in [0.3, 0.4) is 0 Å². The van der Waals surface area contributed by atoms with Crippen molar-refractivity contribution in [2.24, 2.45) is 0 Å². The smallest absolute Gasteiger partial charge is 0.406 e. The molecule has 1 heterocycles. The Balaban J connectivity index is 0.000000285.